The molecule has 0 aromatic heterocycles. The molecule has 0 amide bonds. The van der Waals surface area contributed by atoms with Crippen LogP contribution in [0.2, 0.25) is 0 Å². The largest absolute Gasteiger partial charge is 0.384 e. The van der Waals surface area contributed by atoms with Gasteiger partial charge in [-0.1, -0.05) is 5.57 Å². The van der Waals surface area contributed by atoms with Crippen molar-refractivity contribution < 1.29 is 40.6 Å². The van der Waals surface area contributed by atoms with Gasteiger partial charge in [0.15, 0.2) is 0 Å². The number of rotatable bonds is 3. The van der Waals surface area contributed by atoms with Crippen LogP contribution in [0.25, 0.3) is 0 Å². The summed E-state index contributed by atoms with van der Waals surface area (Å²) in [4.78, 5) is 21.0. The predicted octanol–water partition coefficient (Wildman–Crippen LogP) is -0.851. The molecule has 0 fully saturated rings. The third kappa shape index (κ3) is 10.5. The second-order valence-corrected chi connectivity index (χ2v) is 6.33. The van der Waals surface area contributed by atoms with Crippen LogP contribution in [0.1, 0.15) is 20.3 Å². The van der Waals surface area contributed by atoms with Gasteiger partial charge >= 0.3 is 25.4 Å². The maximum atomic E-state index is 10.5. The molecule has 0 radical (unpaired) electrons. The van der Waals surface area contributed by atoms with Crippen LogP contribution in [0.5, 0.6) is 0 Å². The number of carbonyl (C=O) groups is 2. The average Bonchev–Trinajstić information content (AvgIpc) is 2.12. The fourth-order valence-corrected chi connectivity index (χ4v) is 1.31. The van der Waals surface area contributed by atoms with Gasteiger partial charge in [-0.25, -0.2) is 0 Å². The number of allylic oxidation sites excluding steroid dienone is 1. The topological polar surface area (TPSA) is 163 Å². The van der Waals surface area contributed by atoms with Crippen molar-refractivity contribution in [3.63, 3.8) is 0 Å². The van der Waals surface area contributed by atoms with Gasteiger partial charge < -0.3 is 5.11 Å². The lowest BCUT2D eigenvalue weighted by Gasteiger charge is -2.04. The second kappa shape index (κ2) is 7.45. The van der Waals surface area contributed by atoms with E-state index in [0.717, 1.165) is 0 Å². The van der Waals surface area contributed by atoms with Gasteiger partial charge in [0, 0.05) is 0 Å². The first-order valence-corrected chi connectivity index (χ1v) is 7.39. The molecular weight excluding hydrogens is 304 g/mol. The Bertz CT molecular complexity index is 551. The van der Waals surface area contributed by atoms with Crippen molar-refractivity contribution in [1.82, 2.24) is 0 Å². The van der Waals surface area contributed by atoms with Crippen LogP contribution >= 0.6 is 0 Å². The van der Waals surface area contributed by atoms with Crippen LogP contribution in [0.15, 0.2) is 12.2 Å². The Morgan fingerprint density at radius 1 is 1.05 bits per heavy atom. The van der Waals surface area contributed by atoms with Gasteiger partial charge in [0.1, 0.15) is 6.10 Å². The Morgan fingerprint density at radius 2 is 1.37 bits per heavy atom. The maximum Gasteiger partial charge on any atom is 0.331 e. The molecule has 112 valence electrons. The van der Waals surface area contributed by atoms with Crippen molar-refractivity contribution in [2.75, 3.05) is 0 Å². The van der Waals surface area contributed by atoms with E-state index in [1.54, 1.807) is 0 Å². The molecule has 3 N–H and O–H groups in total. The summed E-state index contributed by atoms with van der Waals surface area (Å²) >= 11 is 0. The first-order valence-electron chi connectivity index (χ1n) is 4.51. The van der Waals surface area contributed by atoms with Gasteiger partial charge in [-0.2, -0.15) is 16.8 Å². The van der Waals surface area contributed by atoms with Crippen LogP contribution in [0, 0.1) is 0 Å². The predicted molar refractivity (Wildman–Crippen MR) is 64.2 cm³/mol. The zero-order valence-electron chi connectivity index (χ0n) is 10.1. The van der Waals surface area contributed by atoms with Gasteiger partial charge in [0.2, 0.25) is 0 Å². The Kier molecular flexibility index (Phi) is 7.91. The summed E-state index contributed by atoms with van der Waals surface area (Å²) in [6, 6.07) is 0. The number of aliphatic hydroxyl groups is 1. The van der Waals surface area contributed by atoms with E-state index >= 15 is 0 Å². The normalized spacial score (nSPS) is 12.9. The third-order valence-electron chi connectivity index (χ3n) is 1.17. The maximum absolute atomic E-state index is 10.5. The standard InChI is InChI=1S/C4H6O9S2.C4H8/c5-2(4(7)15(11,12)13)1-3(6)14(8,9)10;1-4(2)3/h2,5H,1H2,(H,8,9,10)(H,11,12,13);1H2,2-3H3. The lowest BCUT2D eigenvalue weighted by atomic mass is 10.3. The SMILES string of the molecule is C=C(C)C.O=C(CC(O)C(=O)S(=O)(=O)O)S(=O)(=O)O. The highest BCUT2D eigenvalue weighted by Crippen LogP contribution is 2.03. The lowest BCUT2D eigenvalue weighted by molar-refractivity contribution is -0.124. The van der Waals surface area contributed by atoms with E-state index in [9.17, 15) is 26.4 Å². The zero-order chi connectivity index (χ0) is 16.0. The molecule has 0 rings (SSSR count). The molecule has 0 aliphatic rings. The van der Waals surface area contributed by atoms with Gasteiger partial charge in [-0.15, -0.1) is 6.58 Å². The molecule has 0 saturated heterocycles. The zero-order valence-corrected chi connectivity index (χ0v) is 11.7. The minimum absolute atomic E-state index is 1.17. The Balaban J connectivity index is 0. The van der Waals surface area contributed by atoms with E-state index < -0.39 is 43.0 Å². The van der Waals surface area contributed by atoms with Gasteiger partial charge in [0.25, 0.3) is 5.12 Å². The van der Waals surface area contributed by atoms with Crippen LogP contribution in [-0.2, 0) is 29.8 Å². The minimum Gasteiger partial charge on any atom is -0.384 e. The summed E-state index contributed by atoms with van der Waals surface area (Å²) < 4.78 is 56.7. The monoisotopic (exact) mass is 318 g/mol. The summed E-state index contributed by atoms with van der Waals surface area (Å²) in [5.41, 5.74) is 1.17. The molecular formula is C8H14O9S2. The Hall–Kier alpha value is -1.14. The summed E-state index contributed by atoms with van der Waals surface area (Å²) in [7, 11) is -10.3. The second-order valence-electron chi connectivity index (χ2n) is 3.57. The third-order valence-corrected chi connectivity index (χ3v) is 2.70. The molecule has 1 atom stereocenters. The highest BCUT2D eigenvalue weighted by atomic mass is 32.2. The van der Waals surface area contributed by atoms with E-state index in [-0.39, 0.29) is 0 Å². The summed E-state index contributed by atoms with van der Waals surface area (Å²) in [5, 5.41) is 4.64. The van der Waals surface area contributed by atoms with E-state index in [1.807, 2.05) is 13.8 Å². The Morgan fingerprint density at radius 3 is 1.58 bits per heavy atom. The summed E-state index contributed by atoms with van der Waals surface area (Å²) in [6.07, 6.45) is -4.01. The molecule has 0 spiro atoms. The number of aliphatic hydroxyl groups excluding tert-OH is 1. The smallest absolute Gasteiger partial charge is 0.331 e. The molecule has 19 heavy (non-hydrogen) atoms. The quantitative estimate of drug-likeness (QED) is 0.444. The molecule has 0 heterocycles. The molecule has 0 saturated carbocycles. The molecule has 0 aromatic carbocycles. The molecule has 0 aliphatic carbocycles. The van der Waals surface area contributed by atoms with Gasteiger partial charge in [0.05, 0.1) is 6.42 Å². The molecule has 0 aliphatic heterocycles. The summed E-state index contributed by atoms with van der Waals surface area (Å²) in [6.45, 7) is 7.50. The first kappa shape index (κ1) is 20.2. The van der Waals surface area contributed by atoms with Crippen molar-refractivity contribution in [1.29, 1.82) is 0 Å². The Labute approximate surface area is 110 Å². The van der Waals surface area contributed by atoms with Crippen molar-refractivity contribution in [3.05, 3.63) is 12.2 Å². The number of hydrogen-bond donors (Lipinski definition) is 3. The molecule has 0 aromatic rings. The van der Waals surface area contributed by atoms with Crippen molar-refractivity contribution >= 4 is 30.5 Å². The highest BCUT2D eigenvalue weighted by Gasteiger charge is 2.32. The fraction of sp³-hybridized carbons (Fsp3) is 0.500. The molecule has 9 nitrogen and oxygen atoms in total. The number of carbonyl (C=O) groups excluding carboxylic acids is 2. The average molecular weight is 318 g/mol. The van der Waals surface area contributed by atoms with E-state index in [4.69, 9.17) is 14.2 Å². The highest BCUT2D eigenvalue weighted by molar-refractivity contribution is 8.01. The van der Waals surface area contributed by atoms with Crippen molar-refractivity contribution in [2.24, 2.45) is 0 Å². The lowest BCUT2D eigenvalue weighted by Crippen LogP contribution is -2.32. The van der Waals surface area contributed by atoms with Gasteiger partial charge in [-0.3, -0.25) is 18.7 Å². The van der Waals surface area contributed by atoms with Gasteiger partial charge in [-0.05, 0) is 13.8 Å². The minimum atomic E-state index is -5.21. The fourth-order valence-electron chi connectivity index (χ4n) is 0.518. The van der Waals surface area contributed by atoms with E-state index in [2.05, 4.69) is 6.58 Å². The molecule has 1 unspecified atom stereocenters. The van der Waals surface area contributed by atoms with Crippen molar-refractivity contribution in [2.45, 2.75) is 26.4 Å². The first-order chi connectivity index (χ1) is 8.19. The van der Waals surface area contributed by atoms with Crippen molar-refractivity contribution in [3.8, 4) is 0 Å². The number of hydrogen-bond acceptors (Lipinski definition) is 7. The van der Waals surface area contributed by atoms with Crippen LogP contribution < -0.4 is 0 Å². The molecule has 0 bridgehead atoms. The van der Waals surface area contributed by atoms with E-state index in [0.29, 0.717) is 0 Å². The van der Waals surface area contributed by atoms with Crippen LogP contribution in [-0.4, -0.2) is 47.4 Å². The van der Waals surface area contributed by atoms with Crippen LogP contribution in [0.4, 0.5) is 0 Å². The molecule has 11 heteroatoms. The summed E-state index contributed by atoms with van der Waals surface area (Å²) in [5.74, 6) is 0. The van der Waals surface area contributed by atoms with E-state index in [1.165, 1.54) is 5.57 Å². The van der Waals surface area contributed by atoms with Crippen LogP contribution in [0.3, 0.4) is 0 Å².